The monoisotopic (exact) mass is 745 g/mol. The summed E-state index contributed by atoms with van der Waals surface area (Å²) in [5.41, 5.74) is 7.25. The molecule has 6 N–H and O–H groups in total. The molecule has 0 aliphatic rings. The molecule has 3 rings (SSSR count). The highest BCUT2D eigenvalue weighted by Crippen LogP contribution is 2.24. The summed E-state index contributed by atoms with van der Waals surface area (Å²) in [5.74, 6) is 1.56. The van der Waals surface area contributed by atoms with Crippen molar-refractivity contribution in [2.24, 2.45) is 11.8 Å². The van der Waals surface area contributed by atoms with Gasteiger partial charge in [-0.05, 0) is 165 Å². The lowest BCUT2D eigenvalue weighted by Gasteiger charge is -2.20. The Morgan fingerprint density at radius 2 is 0.556 bits per heavy atom. The molecule has 3 aromatic rings. The smallest absolute Gasteiger partial charge is 0.0578 e. The fourth-order valence-electron chi connectivity index (χ4n) is 5.45. The van der Waals surface area contributed by atoms with Crippen LogP contribution in [-0.4, -0.2) is 36.3 Å². The van der Waals surface area contributed by atoms with Crippen LogP contribution in [0.2, 0.25) is 0 Å². The van der Waals surface area contributed by atoms with Crippen molar-refractivity contribution in [1.29, 1.82) is 0 Å². The van der Waals surface area contributed by atoms with Gasteiger partial charge in [0.2, 0.25) is 0 Å². The zero-order valence-corrected chi connectivity index (χ0v) is 37.2. The van der Waals surface area contributed by atoms with Crippen LogP contribution in [0.5, 0.6) is 0 Å². The van der Waals surface area contributed by atoms with Crippen molar-refractivity contribution < 1.29 is 0 Å². The van der Waals surface area contributed by atoms with Crippen LogP contribution in [0.4, 0.5) is 34.1 Å². The van der Waals surface area contributed by atoms with Gasteiger partial charge in [-0.25, -0.2) is 0 Å². The number of rotatable bonds is 22. The highest BCUT2D eigenvalue weighted by molar-refractivity contribution is 5.69. The van der Waals surface area contributed by atoms with Crippen LogP contribution < -0.4 is 31.9 Å². The molecule has 0 bridgehead atoms. The van der Waals surface area contributed by atoms with E-state index in [1.54, 1.807) is 0 Å². The molecule has 3 aromatic carbocycles. The van der Waals surface area contributed by atoms with Crippen LogP contribution in [0.1, 0.15) is 148 Å². The van der Waals surface area contributed by atoms with E-state index in [9.17, 15) is 0 Å². The summed E-state index contributed by atoms with van der Waals surface area (Å²) in [6, 6.07) is 28.9. The maximum absolute atomic E-state index is 3.59. The van der Waals surface area contributed by atoms with Gasteiger partial charge in [-0.2, -0.15) is 0 Å². The van der Waals surface area contributed by atoms with E-state index in [1.165, 1.54) is 59.8 Å². The fourth-order valence-corrected chi connectivity index (χ4v) is 5.45. The maximum Gasteiger partial charge on any atom is 0.0578 e. The van der Waals surface area contributed by atoms with Crippen molar-refractivity contribution >= 4 is 34.1 Å². The second-order valence-corrected chi connectivity index (χ2v) is 16.5. The highest BCUT2D eigenvalue weighted by atomic mass is 15.0. The lowest BCUT2D eigenvalue weighted by Crippen LogP contribution is -2.18. The van der Waals surface area contributed by atoms with E-state index in [4.69, 9.17) is 0 Å². The molecule has 306 valence electrons. The summed E-state index contributed by atoms with van der Waals surface area (Å²) in [7, 11) is 0. The van der Waals surface area contributed by atoms with Gasteiger partial charge < -0.3 is 31.9 Å². The van der Waals surface area contributed by atoms with Gasteiger partial charge in [0.25, 0.3) is 0 Å². The minimum absolute atomic E-state index is 0.514. The standard InChI is InChI=1S/C20H36N2.2C14H24N2/c1-15(2)7-9-17(5)21-19-11-13-20(14-12-19)22-18(6)10-8-16(3)4;1-5-11(3)15-13-7-9-14(10-8-13)16-12(4)6-2;1-5-11(3)15-13-9-7-8-10-14(13)16-12(4)6-2/h11-18,21-22H,7-10H2,1-6H3;2*7-12,15-16H,5-6H2,1-4H3. The lowest BCUT2D eigenvalue weighted by atomic mass is 10.0. The molecule has 6 unspecified atom stereocenters. The predicted octanol–water partition coefficient (Wildman–Crippen LogP) is 14.4. The first-order valence-electron chi connectivity index (χ1n) is 21.6. The zero-order valence-electron chi connectivity index (χ0n) is 37.2. The molecular formula is C48H84N6. The van der Waals surface area contributed by atoms with Gasteiger partial charge in [-0.3, -0.25) is 0 Å². The first-order chi connectivity index (χ1) is 25.7. The van der Waals surface area contributed by atoms with Gasteiger partial charge >= 0.3 is 0 Å². The van der Waals surface area contributed by atoms with Gasteiger partial charge in [-0.1, -0.05) is 67.5 Å². The molecule has 6 nitrogen and oxygen atoms in total. The number of para-hydroxylation sites is 2. The highest BCUT2D eigenvalue weighted by Gasteiger charge is 2.08. The third-order valence-electron chi connectivity index (χ3n) is 9.96. The molecule has 6 heteroatoms. The Labute approximate surface area is 334 Å². The summed E-state index contributed by atoms with van der Waals surface area (Å²) in [6.07, 6.45) is 9.57. The van der Waals surface area contributed by atoms with Gasteiger partial charge in [0.05, 0.1) is 11.4 Å². The third-order valence-corrected chi connectivity index (χ3v) is 9.96. The first-order valence-corrected chi connectivity index (χ1v) is 21.6. The molecule has 6 atom stereocenters. The third kappa shape index (κ3) is 22.6. The number of hydrogen-bond donors (Lipinski definition) is 6. The Bertz CT molecular complexity index is 1220. The number of nitrogens with one attached hydrogen (secondary N) is 6. The fraction of sp³-hybridized carbons (Fsp3) is 0.625. The minimum Gasteiger partial charge on any atom is -0.383 e. The molecule has 0 radical (unpaired) electrons. The summed E-state index contributed by atoms with van der Waals surface area (Å²) in [6.45, 7) is 31.3. The Kier molecular flexibility index (Phi) is 25.1. The summed E-state index contributed by atoms with van der Waals surface area (Å²) in [5, 5.41) is 21.2. The van der Waals surface area contributed by atoms with Gasteiger partial charge in [0.15, 0.2) is 0 Å². The van der Waals surface area contributed by atoms with E-state index in [0.717, 1.165) is 37.5 Å². The molecule has 0 spiro atoms. The van der Waals surface area contributed by atoms with E-state index in [2.05, 4.69) is 202 Å². The SMILES string of the molecule is CC(C)CCC(C)Nc1ccc(NC(C)CCC(C)C)cc1.CCC(C)Nc1ccc(NC(C)CC)cc1.CCC(C)Nc1ccccc1NC(C)CC. The van der Waals surface area contributed by atoms with Crippen molar-refractivity contribution in [1.82, 2.24) is 0 Å². The predicted molar refractivity (Wildman–Crippen MR) is 247 cm³/mol. The zero-order chi connectivity index (χ0) is 40.5. The van der Waals surface area contributed by atoms with Crippen molar-refractivity contribution in [3.8, 4) is 0 Å². The normalized spacial score (nSPS) is 14.2. The van der Waals surface area contributed by atoms with E-state index >= 15 is 0 Å². The number of anilines is 6. The number of benzene rings is 3. The van der Waals surface area contributed by atoms with E-state index < -0.39 is 0 Å². The molecule has 0 aliphatic heterocycles. The van der Waals surface area contributed by atoms with E-state index in [1.807, 2.05) is 0 Å². The van der Waals surface area contributed by atoms with Crippen molar-refractivity contribution in [3.05, 3.63) is 72.8 Å². The molecule has 0 aliphatic carbocycles. The lowest BCUT2D eigenvalue weighted by molar-refractivity contribution is 0.527. The molecule has 0 amide bonds. The van der Waals surface area contributed by atoms with Gasteiger partial charge in [-0.15, -0.1) is 0 Å². The molecule has 0 fully saturated rings. The Morgan fingerprint density at radius 3 is 0.796 bits per heavy atom. The van der Waals surface area contributed by atoms with E-state index in [0.29, 0.717) is 36.3 Å². The minimum atomic E-state index is 0.514. The van der Waals surface area contributed by atoms with Gasteiger partial charge in [0, 0.05) is 59.0 Å². The second-order valence-electron chi connectivity index (χ2n) is 16.5. The molecular weight excluding hydrogens is 661 g/mol. The molecule has 0 aromatic heterocycles. The van der Waals surface area contributed by atoms with Crippen LogP contribution in [0.25, 0.3) is 0 Å². The average molecular weight is 745 g/mol. The topological polar surface area (TPSA) is 72.2 Å². The van der Waals surface area contributed by atoms with Crippen LogP contribution in [0, 0.1) is 11.8 Å². The maximum atomic E-state index is 3.59. The largest absolute Gasteiger partial charge is 0.383 e. The summed E-state index contributed by atoms with van der Waals surface area (Å²) < 4.78 is 0. The van der Waals surface area contributed by atoms with Crippen molar-refractivity contribution in [3.63, 3.8) is 0 Å². The van der Waals surface area contributed by atoms with Crippen molar-refractivity contribution in [2.75, 3.05) is 31.9 Å². The average Bonchev–Trinajstić information content (AvgIpc) is 3.15. The van der Waals surface area contributed by atoms with Crippen molar-refractivity contribution in [2.45, 2.75) is 185 Å². The van der Waals surface area contributed by atoms with Crippen LogP contribution in [-0.2, 0) is 0 Å². The van der Waals surface area contributed by atoms with Crippen LogP contribution in [0.3, 0.4) is 0 Å². The molecule has 0 saturated heterocycles. The molecule has 54 heavy (non-hydrogen) atoms. The summed E-state index contributed by atoms with van der Waals surface area (Å²) in [4.78, 5) is 0. The Balaban J connectivity index is 0.000000413. The van der Waals surface area contributed by atoms with Gasteiger partial charge in [0.1, 0.15) is 0 Å². The van der Waals surface area contributed by atoms with Crippen LogP contribution in [0.15, 0.2) is 72.8 Å². The quantitative estimate of drug-likeness (QED) is 0.0615. The summed E-state index contributed by atoms with van der Waals surface area (Å²) >= 11 is 0. The number of hydrogen-bond acceptors (Lipinski definition) is 6. The van der Waals surface area contributed by atoms with Crippen LogP contribution >= 0.6 is 0 Å². The second kappa shape index (κ2) is 28.0. The first kappa shape index (κ1) is 48.5. The van der Waals surface area contributed by atoms with E-state index in [-0.39, 0.29) is 0 Å². The molecule has 0 saturated carbocycles. The Morgan fingerprint density at radius 1 is 0.315 bits per heavy atom. The molecule has 0 heterocycles. The Hall–Kier alpha value is -3.54.